The van der Waals surface area contributed by atoms with E-state index in [1.165, 1.54) is 38.0 Å². The molecule has 0 spiro atoms. The van der Waals surface area contributed by atoms with Gasteiger partial charge in [-0.05, 0) is 37.4 Å². The summed E-state index contributed by atoms with van der Waals surface area (Å²) in [6, 6.07) is 8.47. The van der Waals surface area contributed by atoms with Gasteiger partial charge in [-0.15, -0.1) is 0 Å². The van der Waals surface area contributed by atoms with Crippen LogP contribution >= 0.6 is 0 Å². The standard InChI is InChI=1S/C15H22N4O/c16-15(18-20)13-3-1-11(2-4-13)9-17-14-10-19-7-5-12(14)6-8-19/h1-4,12,14,17,20H,5-10H2,(H2,16,18). The van der Waals surface area contributed by atoms with Crippen molar-refractivity contribution in [3.05, 3.63) is 35.4 Å². The minimum absolute atomic E-state index is 0.155. The molecule has 4 rings (SSSR count). The SMILES string of the molecule is NC(=NO)c1ccc(CNC2CN3CCC2CC3)cc1. The number of hydrogen-bond donors (Lipinski definition) is 3. The van der Waals surface area contributed by atoms with Gasteiger partial charge < -0.3 is 21.2 Å². The summed E-state index contributed by atoms with van der Waals surface area (Å²) in [5.74, 6) is 0.998. The molecule has 1 unspecified atom stereocenters. The Balaban J connectivity index is 1.56. The first kappa shape index (κ1) is 13.4. The molecule has 20 heavy (non-hydrogen) atoms. The van der Waals surface area contributed by atoms with Gasteiger partial charge in [0, 0.05) is 24.7 Å². The van der Waals surface area contributed by atoms with Crippen molar-refractivity contribution < 1.29 is 5.21 Å². The van der Waals surface area contributed by atoms with Crippen LogP contribution in [0.4, 0.5) is 0 Å². The number of piperidine rings is 3. The quantitative estimate of drug-likeness (QED) is 0.331. The topological polar surface area (TPSA) is 73.9 Å². The summed E-state index contributed by atoms with van der Waals surface area (Å²) in [4.78, 5) is 2.55. The molecule has 0 aromatic heterocycles. The first-order chi connectivity index (χ1) is 9.76. The van der Waals surface area contributed by atoms with Crippen LogP contribution in [0.25, 0.3) is 0 Å². The molecule has 0 aliphatic carbocycles. The predicted octanol–water partition coefficient (Wildman–Crippen LogP) is 0.965. The first-order valence-corrected chi connectivity index (χ1v) is 7.29. The summed E-state index contributed by atoms with van der Waals surface area (Å²) in [5.41, 5.74) is 7.54. The zero-order valence-corrected chi connectivity index (χ0v) is 11.6. The maximum atomic E-state index is 8.64. The van der Waals surface area contributed by atoms with E-state index in [-0.39, 0.29) is 5.84 Å². The molecule has 3 aliphatic rings. The molecule has 3 saturated heterocycles. The summed E-state index contributed by atoms with van der Waals surface area (Å²) in [6.45, 7) is 4.62. The second-order valence-corrected chi connectivity index (χ2v) is 5.81. The molecule has 5 nitrogen and oxygen atoms in total. The van der Waals surface area contributed by atoms with Gasteiger partial charge in [0.15, 0.2) is 5.84 Å². The number of benzene rings is 1. The normalized spacial score (nSPS) is 29.6. The minimum atomic E-state index is 0.155. The fourth-order valence-electron chi connectivity index (χ4n) is 3.30. The van der Waals surface area contributed by atoms with Gasteiger partial charge in [0.1, 0.15) is 0 Å². The van der Waals surface area contributed by atoms with Crippen LogP contribution < -0.4 is 11.1 Å². The first-order valence-electron chi connectivity index (χ1n) is 7.29. The van der Waals surface area contributed by atoms with Crippen molar-refractivity contribution >= 4 is 5.84 Å². The largest absolute Gasteiger partial charge is 0.409 e. The number of oxime groups is 1. The Hall–Kier alpha value is -1.59. The Bertz CT molecular complexity index is 477. The maximum absolute atomic E-state index is 8.64. The van der Waals surface area contributed by atoms with E-state index in [1.54, 1.807) is 0 Å². The lowest BCUT2D eigenvalue weighted by atomic mass is 9.84. The van der Waals surface area contributed by atoms with Crippen LogP contribution in [-0.2, 0) is 6.54 Å². The molecular weight excluding hydrogens is 252 g/mol. The Morgan fingerprint density at radius 1 is 1.30 bits per heavy atom. The van der Waals surface area contributed by atoms with Crippen LogP contribution in [0.5, 0.6) is 0 Å². The van der Waals surface area contributed by atoms with Crippen molar-refractivity contribution in [3.63, 3.8) is 0 Å². The highest BCUT2D eigenvalue weighted by Crippen LogP contribution is 2.27. The molecule has 3 fully saturated rings. The Morgan fingerprint density at radius 3 is 2.55 bits per heavy atom. The third-order valence-electron chi connectivity index (χ3n) is 4.58. The number of nitrogens with zero attached hydrogens (tertiary/aromatic N) is 2. The molecular formula is C15H22N4O. The van der Waals surface area contributed by atoms with E-state index in [9.17, 15) is 0 Å². The predicted molar refractivity (Wildman–Crippen MR) is 78.7 cm³/mol. The molecule has 2 bridgehead atoms. The number of amidine groups is 1. The lowest BCUT2D eigenvalue weighted by Gasteiger charge is -2.45. The van der Waals surface area contributed by atoms with Crippen LogP contribution in [0.3, 0.4) is 0 Å². The highest BCUT2D eigenvalue weighted by atomic mass is 16.4. The van der Waals surface area contributed by atoms with Crippen LogP contribution in [0, 0.1) is 5.92 Å². The monoisotopic (exact) mass is 274 g/mol. The molecule has 3 aliphatic heterocycles. The third kappa shape index (κ3) is 2.78. The average Bonchev–Trinajstić information content (AvgIpc) is 2.54. The van der Waals surface area contributed by atoms with Crippen LogP contribution in [0.15, 0.2) is 29.4 Å². The highest BCUT2D eigenvalue weighted by molar-refractivity contribution is 5.96. The summed E-state index contributed by atoms with van der Waals surface area (Å²) < 4.78 is 0. The van der Waals surface area contributed by atoms with Gasteiger partial charge in [0.2, 0.25) is 0 Å². The van der Waals surface area contributed by atoms with Crippen LogP contribution in [-0.4, -0.2) is 41.6 Å². The smallest absolute Gasteiger partial charge is 0.170 e. The summed E-state index contributed by atoms with van der Waals surface area (Å²) in [7, 11) is 0. The zero-order chi connectivity index (χ0) is 13.9. The third-order valence-corrected chi connectivity index (χ3v) is 4.58. The molecule has 1 aromatic carbocycles. The molecule has 0 amide bonds. The van der Waals surface area contributed by atoms with E-state index < -0.39 is 0 Å². The number of nitrogens with one attached hydrogen (secondary N) is 1. The second-order valence-electron chi connectivity index (χ2n) is 5.81. The lowest BCUT2D eigenvalue weighted by molar-refractivity contribution is 0.0720. The summed E-state index contributed by atoms with van der Waals surface area (Å²) in [6.07, 6.45) is 2.67. The van der Waals surface area contributed by atoms with E-state index >= 15 is 0 Å². The average molecular weight is 274 g/mol. The fourth-order valence-corrected chi connectivity index (χ4v) is 3.30. The van der Waals surface area contributed by atoms with E-state index in [0.717, 1.165) is 18.0 Å². The zero-order valence-electron chi connectivity index (χ0n) is 11.6. The maximum Gasteiger partial charge on any atom is 0.170 e. The summed E-state index contributed by atoms with van der Waals surface area (Å²) >= 11 is 0. The molecule has 0 saturated carbocycles. The Kier molecular flexibility index (Phi) is 3.89. The molecule has 5 heteroatoms. The van der Waals surface area contributed by atoms with Crippen molar-refractivity contribution in [1.82, 2.24) is 10.2 Å². The van der Waals surface area contributed by atoms with Gasteiger partial charge in [0.05, 0.1) is 0 Å². The van der Waals surface area contributed by atoms with Gasteiger partial charge in [-0.25, -0.2) is 0 Å². The molecule has 1 atom stereocenters. The fraction of sp³-hybridized carbons (Fsp3) is 0.533. The van der Waals surface area contributed by atoms with E-state index in [2.05, 4.69) is 15.4 Å². The molecule has 1 aromatic rings. The molecule has 4 N–H and O–H groups in total. The van der Waals surface area contributed by atoms with Crippen LogP contribution in [0.2, 0.25) is 0 Å². The number of hydrogen-bond acceptors (Lipinski definition) is 4. The van der Waals surface area contributed by atoms with Crippen molar-refractivity contribution in [3.8, 4) is 0 Å². The van der Waals surface area contributed by atoms with Crippen molar-refractivity contribution in [2.24, 2.45) is 16.8 Å². The number of rotatable bonds is 4. The van der Waals surface area contributed by atoms with Crippen molar-refractivity contribution in [2.75, 3.05) is 19.6 Å². The van der Waals surface area contributed by atoms with Crippen molar-refractivity contribution in [2.45, 2.75) is 25.4 Å². The number of nitrogens with two attached hydrogens (primary N) is 1. The molecule has 0 radical (unpaired) electrons. The molecule has 108 valence electrons. The minimum Gasteiger partial charge on any atom is -0.409 e. The highest BCUT2D eigenvalue weighted by Gasteiger charge is 2.33. The van der Waals surface area contributed by atoms with Gasteiger partial charge in [-0.3, -0.25) is 0 Å². The van der Waals surface area contributed by atoms with Gasteiger partial charge in [-0.2, -0.15) is 0 Å². The van der Waals surface area contributed by atoms with Gasteiger partial charge in [-0.1, -0.05) is 29.4 Å². The van der Waals surface area contributed by atoms with E-state index in [0.29, 0.717) is 6.04 Å². The van der Waals surface area contributed by atoms with E-state index in [1.807, 2.05) is 24.3 Å². The van der Waals surface area contributed by atoms with Crippen molar-refractivity contribution in [1.29, 1.82) is 0 Å². The Labute approximate surface area is 119 Å². The number of fused-ring (bicyclic) bond motifs is 3. The lowest BCUT2D eigenvalue weighted by Crippen LogP contribution is -2.55. The van der Waals surface area contributed by atoms with Gasteiger partial charge >= 0.3 is 0 Å². The summed E-state index contributed by atoms with van der Waals surface area (Å²) in [5, 5.41) is 15.3. The van der Waals surface area contributed by atoms with Crippen LogP contribution in [0.1, 0.15) is 24.0 Å². The Morgan fingerprint density at radius 2 is 2.00 bits per heavy atom. The van der Waals surface area contributed by atoms with E-state index in [4.69, 9.17) is 10.9 Å². The second kappa shape index (κ2) is 5.81. The molecule has 3 heterocycles. The van der Waals surface area contributed by atoms with Gasteiger partial charge in [0.25, 0.3) is 0 Å².